The maximum atomic E-state index is 13.7. The van der Waals surface area contributed by atoms with Gasteiger partial charge in [-0.3, -0.25) is 4.79 Å². The number of aromatic hydroxyl groups is 3. The number of sulfonamides is 2. The van der Waals surface area contributed by atoms with Crippen molar-refractivity contribution in [3.05, 3.63) is 76.3 Å². The number of benzene rings is 3. The van der Waals surface area contributed by atoms with Gasteiger partial charge in [0.2, 0.25) is 25.8 Å². The fraction of sp³-hybridized carbons (Fsp3) is 0.387. The Morgan fingerprint density at radius 1 is 0.818 bits per heavy atom. The number of fused-ring (bicyclic) bond motifs is 2. The predicted octanol–water partition coefficient (Wildman–Crippen LogP) is 3.46. The molecule has 0 aliphatic carbocycles. The number of carbonyl (C=O) groups is 1. The quantitative estimate of drug-likeness (QED) is 0.258. The summed E-state index contributed by atoms with van der Waals surface area (Å²) in [7, 11) is -8.17. The molecule has 0 fully saturated rings. The van der Waals surface area contributed by atoms with Crippen LogP contribution in [0.1, 0.15) is 59.3 Å². The molecule has 3 aromatic carbocycles. The minimum Gasteiger partial charge on any atom is -0.504 e. The molecule has 0 spiro atoms. The molecule has 44 heavy (non-hydrogen) atoms. The van der Waals surface area contributed by atoms with E-state index in [-0.39, 0.29) is 37.0 Å². The number of amides is 1. The second kappa shape index (κ2) is 12.4. The number of hydrogen-bond donors (Lipinski definition) is 4. The zero-order valence-corrected chi connectivity index (χ0v) is 26.3. The van der Waals surface area contributed by atoms with Gasteiger partial charge in [-0.05, 0) is 59.2 Å². The van der Waals surface area contributed by atoms with Gasteiger partial charge in [-0.25, -0.2) is 21.6 Å². The van der Waals surface area contributed by atoms with Crippen molar-refractivity contribution < 1.29 is 36.9 Å². The van der Waals surface area contributed by atoms with Crippen LogP contribution in [-0.2, 0) is 46.0 Å². The summed E-state index contributed by atoms with van der Waals surface area (Å²) in [6.07, 6.45) is 2.53. The highest BCUT2D eigenvalue weighted by Crippen LogP contribution is 2.44. The molecule has 0 radical (unpaired) electrons. The van der Waals surface area contributed by atoms with Gasteiger partial charge in [-0.15, -0.1) is 0 Å². The first kappa shape index (κ1) is 31.8. The molecule has 2 aliphatic heterocycles. The Morgan fingerprint density at radius 2 is 1.48 bits per heavy atom. The lowest BCUT2D eigenvalue weighted by molar-refractivity contribution is 0.0730. The number of phenolic OH excluding ortho intramolecular Hbond substituents is 3. The Kier molecular flexibility index (Phi) is 8.94. The third-order valence-corrected chi connectivity index (χ3v) is 11.9. The summed E-state index contributed by atoms with van der Waals surface area (Å²) in [6.45, 7) is 4.70. The van der Waals surface area contributed by atoms with Crippen molar-refractivity contribution in [3.8, 4) is 17.2 Å². The summed E-state index contributed by atoms with van der Waals surface area (Å²) in [5, 5.41) is 31.8. The standard InChI is InChI=1S/C31H37N3O8S2/c1-3-20(4-2)17-32-43(39,40)25-10-9-22-11-13-33(18-24(22)15-25)31(38)26-16-27(29(36)30(37)28(26)35)44(41,42)34-14-12-21-7-5-6-8-23(21)19-34/h5-10,15-16,20,32,35-37H,3-4,11-14,17-19H2,1-2H3. The van der Waals surface area contributed by atoms with E-state index in [0.717, 1.165) is 39.9 Å². The van der Waals surface area contributed by atoms with Crippen LogP contribution in [0.15, 0.2) is 58.3 Å². The zero-order chi connectivity index (χ0) is 31.8. The van der Waals surface area contributed by atoms with Crippen molar-refractivity contribution in [2.45, 2.75) is 62.4 Å². The molecule has 2 aliphatic rings. The average Bonchev–Trinajstić information content (AvgIpc) is 3.03. The molecule has 0 saturated heterocycles. The molecule has 0 unspecified atom stereocenters. The van der Waals surface area contributed by atoms with Crippen LogP contribution in [-0.4, -0.2) is 66.9 Å². The van der Waals surface area contributed by atoms with Gasteiger partial charge in [0.05, 0.1) is 10.5 Å². The van der Waals surface area contributed by atoms with Gasteiger partial charge in [-0.1, -0.05) is 57.0 Å². The second-order valence-electron chi connectivity index (χ2n) is 11.3. The number of carbonyl (C=O) groups excluding carboxylic acids is 1. The van der Waals surface area contributed by atoms with Crippen LogP contribution in [0.2, 0.25) is 0 Å². The topological polar surface area (TPSA) is 165 Å². The fourth-order valence-electron chi connectivity index (χ4n) is 5.73. The van der Waals surface area contributed by atoms with Gasteiger partial charge in [0, 0.05) is 32.7 Å². The van der Waals surface area contributed by atoms with Gasteiger partial charge in [0.25, 0.3) is 5.91 Å². The average molecular weight is 644 g/mol. The van der Waals surface area contributed by atoms with Crippen molar-refractivity contribution in [1.29, 1.82) is 0 Å². The lowest BCUT2D eigenvalue weighted by Gasteiger charge is -2.30. The Bertz CT molecular complexity index is 1800. The summed E-state index contributed by atoms with van der Waals surface area (Å²) in [6, 6.07) is 13.1. The van der Waals surface area contributed by atoms with Crippen molar-refractivity contribution in [1.82, 2.24) is 13.9 Å². The van der Waals surface area contributed by atoms with Gasteiger partial charge >= 0.3 is 0 Å². The molecule has 11 nitrogen and oxygen atoms in total. The Balaban J connectivity index is 1.41. The molecule has 0 saturated carbocycles. The summed E-state index contributed by atoms with van der Waals surface area (Å²) in [5.74, 6) is -3.66. The first-order valence-electron chi connectivity index (χ1n) is 14.6. The summed E-state index contributed by atoms with van der Waals surface area (Å²) < 4.78 is 57.1. The van der Waals surface area contributed by atoms with E-state index in [9.17, 15) is 36.9 Å². The highest BCUT2D eigenvalue weighted by Gasteiger charge is 2.35. The highest BCUT2D eigenvalue weighted by molar-refractivity contribution is 7.89. The van der Waals surface area contributed by atoms with Crippen LogP contribution in [0.3, 0.4) is 0 Å². The molecule has 0 bridgehead atoms. The van der Waals surface area contributed by atoms with Crippen molar-refractivity contribution >= 4 is 26.0 Å². The molecule has 0 atom stereocenters. The molecule has 0 aromatic heterocycles. The largest absolute Gasteiger partial charge is 0.504 e. The molecular formula is C31H37N3O8S2. The SMILES string of the molecule is CCC(CC)CNS(=O)(=O)c1ccc2c(c1)CN(C(=O)c1cc(S(=O)(=O)N3CCc4ccccc4C3)c(O)c(O)c1O)CC2. The van der Waals surface area contributed by atoms with E-state index < -0.39 is 53.7 Å². The number of rotatable bonds is 9. The summed E-state index contributed by atoms with van der Waals surface area (Å²) in [4.78, 5) is 14.4. The summed E-state index contributed by atoms with van der Waals surface area (Å²) >= 11 is 0. The molecule has 236 valence electrons. The van der Waals surface area contributed by atoms with E-state index in [1.54, 1.807) is 12.1 Å². The monoisotopic (exact) mass is 643 g/mol. The van der Waals surface area contributed by atoms with Gasteiger partial charge < -0.3 is 20.2 Å². The Labute approximate surface area is 257 Å². The highest BCUT2D eigenvalue weighted by atomic mass is 32.2. The van der Waals surface area contributed by atoms with Gasteiger partial charge in [0.15, 0.2) is 11.5 Å². The minimum atomic E-state index is -4.38. The lowest BCUT2D eigenvalue weighted by Crippen LogP contribution is -2.37. The van der Waals surface area contributed by atoms with Crippen LogP contribution < -0.4 is 4.72 Å². The van der Waals surface area contributed by atoms with Crippen LogP contribution in [0.4, 0.5) is 0 Å². The number of hydrogen-bond acceptors (Lipinski definition) is 8. The van der Waals surface area contributed by atoms with Gasteiger partial charge in [0.1, 0.15) is 4.90 Å². The van der Waals surface area contributed by atoms with E-state index in [2.05, 4.69) is 4.72 Å². The lowest BCUT2D eigenvalue weighted by atomic mass is 9.99. The second-order valence-corrected chi connectivity index (χ2v) is 14.9. The normalized spacial score (nSPS) is 15.7. The molecule has 1 amide bonds. The maximum Gasteiger partial charge on any atom is 0.258 e. The fourth-order valence-corrected chi connectivity index (χ4v) is 8.42. The summed E-state index contributed by atoms with van der Waals surface area (Å²) in [5.41, 5.74) is 2.78. The zero-order valence-electron chi connectivity index (χ0n) is 24.7. The number of nitrogens with one attached hydrogen (secondary N) is 1. The van der Waals surface area contributed by atoms with Crippen molar-refractivity contribution in [3.63, 3.8) is 0 Å². The van der Waals surface area contributed by atoms with Gasteiger partial charge in [-0.2, -0.15) is 4.31 Å². The first-order valence-corrected chi connectivity index (χ1v) is 17.5. The molecular weight excluding hydrogens is 606 g/mol. The molecule has 5 rings (SSSR count). The van der Waals surface area contributed by atoms with E-state index in [0.29, 0.717) is 24.9 Å². The van der Waals surface area contributed by atoms with E-state index in [1.165, 1.54) is 17.0 Å². The number of nitrogens with zero attached hydrogens (tertiary/aromatic N) is 2. The maximum absolute atomic E-state index is 13.7. The van der Waals surface area contributed by atoms with Crippen LogP contribution >= 0.6 is 0 Å². The molecule has 3 aromatic rings. The third-order valence-electron chi connectivity index (χ3n) is 8.66. The van der Waals surface area contributed by atoms with E-state index in [1.807, 2.05) is 32.0 Å². The number of phenols is 3. The first-order chi connectivity index (χ1) is 20.9. The van der Waals surface area contributed by atoms with Crippen LogP contribution in [0.25, 0.3) is 0 Å². The molecule has 13 heteroatoms. The minimum absolute atomic E-state index is 0.00383. The molecule has 4 N–H and O–H groups in total. The van der Waals surface area contributed by atoms with E-state index >= 15 is 0 Å². The predicted molar refractivity (Wildman–Crippen MR) is 163 cm³/mol. The Morgan fingerprint density at radius 3 is 2.18 bits per heavy atom. The van der Waals surface area contributed by atoms with E-state index in [4.69, 9.17) is 0 Å². The smallest absolute Gasteiger partial charge is 0.258 e. The third kappa shape index (κ3) is 6.01. The van der Waals surface area contributed by atoms with Crippen LogP contribution in [0.5, 0.6) is 17.2 Å². The van der Waals surface area contributed by atoms with Crippen LogP contribution in [0, 0.1) is 5.92 Å². The van der Waals surface area contributed by atoms with Crippen molar-refractivity contribution in [2.75, 3.05) is 19.6 Å². The molecule has 2 heterocycles. The van der Waals surface area contributed by atoms with Crippen molar-refractivity contribution in [2.24, 2.45) is 5.92 Å². The Hall–Kier alpha value is -3.65.